The van der Waals surface area contributed by atoms with E-state index in [9.17, 15) is 17.6 Å². The Morgan fingerprint density at radius 1 is 1.23 bits per heavy atom. The van der Waals surface area contributed by atoms with Gasteiger partial charge in [0.15, 0.2) is 0 Å². The number of piperidine rings is 1. The van der Waals surface area contributed by atoms with Crippen LogP contribution in [0.3, 0.4) is 0 Å². The fourth-order valence-corrected chi connectivity index (χ4v) is 4.19. The predicted molar refractivity (Wildman–Crippen MR) is 82.0 cm³/mol. The SMILES string of the molecule is CN(C)C(=O)C1CCN(S(=O)(=O)Cc2ccc(F)cc2)CC1. The summed E-state index contributed by atoms with van der Waals surface area (Å²) in [6.07, 6.45) is 1.08. The first-order chi connectivity index (χ1) is 10.3. The maximum absolute atomic E-state index is 12.9. The van der Waals surface area contributed by atoms with Gasteiger partial charge in [-0.15, -0.1) is 0 Å². The molecule has 1 aliphatic rings. The Balaban J connectivity index is 1.97. The first-order valence-electron chi connectivity index (χ1n) is 7.23. The number of halogens is 1. The number of carbonyl (C=O) groups excluding carboxylic acids is 1. The Kier molecular flexibility index (Phi) is 5.18. The minimum absolute atomic E-state index is 0.0515. The zero-order valence-corrected chi connectivity index (χ0v) is 13.6. The monoisotopic (exact) mass is 328 g/mol. The van der Waals surface area contributed by atoms with E-state index in [1.807, 2.05) is 0 Å². The number of sulfonamides is 1. The molecule has 1 aliphatic heterocycles. The Hall–Kier alpha value is -1.47. The summed E-state index contributed by atoms with van der Waals surface area (Å²) in [6, 6.07) is 5.48. The molecule has 1 aromatic carbocycles. The maximum atomic E-state index is 12.9. The van der Waals surface area contributed by atoms with Crippen molar-refractivity contribution in [2.24, 2.45) is 5.92 Å². The van der Waals surface area contributed by atoms with Crippen LogP contribution in [0.15, 0.2) is 24.3 Å². The summed E-state index contributed by atoms with van der Waals surface area (Å²) < 4.78 is 39.1. The molecule has 122 valence electrons. The lowest BCUT2D eigenvalue weighted by Crippen LogP contribution is -2.43. The summed E-state index contributed by atoms with van der Waals surface area (Å²) in [5, 5.41) is 0. The Morgan fingerprint density at radius 3 is 2.27 bits per heavy atom. The second kappa shape index (κ2) is 6.75. The molecule has 0 bridgehead atoms. The van der Waals surface area contributed by atoms with Crippen molar-refractivity contribution in [2.45, 2.75) is 18.6 Å². The van der Waals surface area contributed by atoms with E-state index < -0.39 is 10.0 Å². The smallest absolute Gasteiger partial charge is 0.225 e. The van der Waals surface area contributed by atoms with Gasteiger partial charge in [0.1, 0.15) is 5.82 Å². The number of amides is 1. The first kappa shape index (κ1) is 16.9. The van der Waals surface area contributed by atoms with E-state index in [1.165, 1.54) is 28.6 Å². The minimum Gasteiger partial charge on any atom is -0.349 e. The van der Waals surface area contributed by atoms with Crippen LogP contribution in [0.5, 0.6) is 0 Å². The normalized spacial score (nSPS) is 17.4. The third kappa shape index (κ3) is 4.04. The van der Waals surface area contributed by atoms with Crippen molar-refractivity contribution in [1.29, 1.82) is 0 Å². The highest BCUT2D eigenvalue weighted by atomic mass is 32.2. The molecule has 5 nitrogen and oxygen atoms in total. The summed E-state index contributed by atoms with van der Waals surface area (Å²) in [5.74, 6) is -0.577. The van der Waals surface area contributed by atoms with Crippen molar-refractivity contribution in [3.8, 4) is 0 Å². The maximum Gasteiger partial charge on any atom is 0.225 e. The van der Waals surface area contributed by atoms with Gasteiger partial charge in [-0.1, -0.05) is 12.1 Å². The van der Waals surface area contributed by atoms with E-state index in [-0.39, 0.29) is 23.4 Å². The van der Waals surface area contributed by atoms with Crippen LogP contribution in [0.2, 0.25) is 0 Å². The molecule has 1 saturated heterocycles. The van der Waals surface area contributed by atoms with Gasteiger partial charge in [-0.2, -0.15) is 0 Å². The number of hydrogen-bond acceptors (Lipinski definition) is 3. The number of benzene rings is 1. The molecule has 0 saturated carbocycles. The lowest BCUT2D eigenvalue weighted by atomic mass is 9.97. The van der Waals surface area contributed by atoms with Crippen molar-refractivity contribution >= 4 is 15.9 Å². The largest absolute Gasteiger partial charge is 0.349 e. The third-order valence-corrected chi connectivity index (χ3v) is 5.75. The number of rotatable bonds is 4. The standard InChI is InChI=1S/C15H21FN2O3S/c1-17(2)15(19)13-7-9-18(10-8-13)22(20,21)11-12-3-5-14(16)6-4-12/h3-6,13H,7-11H2,1-2H3. The lowest BCUT2D eigenvalue weighted by Gasteiger charge is -2.31. The average Bonchev–Trinajstić information content (AvgIpc) is 2.48. The van der Waals surface area contributed by atoms with Crippen molar-refractivity contribution in [2.75, 3.05) is 27.2 Å². The van der Waals surface area contributed by atoms with Gasteiger partial charge in [-0.3, -0.25) is 4.79 Å². The molecule has 22 heavy (non-hydrogen) atoms. The molecular weight excluding hydrogens is 307 g/mol. The molecule has 0 N–H and O–H groups in total. The van der Waals surface area contributed by atoms with Crippen LogP contribution >= 0.6 is 0 Å². The predicted octanol–water partition coefficient (Wildman–Crippen LogP) is 1.46. The molecule has 0 spiro atoms. The van der Waals surface area contributed by atoms with Crippen LogP contribution < -0.4 is 0 Å². The van der Waals surface area contributed by atoms with Gasteiger partial charge < -0.3 is 4.90 Å². The Morgan fingerprint density at radius 2 is 1.77 bits per heavy atom. The fraction of sp³-hybridized carbons (Fsp3) is 0.533. The third-order valence-electron chi connectivity index (χ3n) is 3.90. The molecular formula is C15H21FN2O3S. The van der Waals surface area contributed by atoms with Gasteiger partial charge >= 0.3 is 0 Å². The molecule has 0 radical (unpaired) electrons. The second-order valence-corrected chi connectivity index (χ2v) is 7.76. The van der Waals surface area contributed by atoms with E-state index in [1.54, 1.807) is 19.0 Å². The highest BCUT2D eigenvalue weighted by Gasteiger charge is 2.31. The van der Waals surface area contributed by atoms with Crippen molar-refractivity contribution in [3.63, 3.8) is 0 Å². The Labute approximate surface area is 130 Å². The van der Waals surface area contributed by atoms with Gasteiger partial charge in [-0.05, 0) is 30.5 Å². The van der Waals surface area contributed by atoms with Crippen molar-refractivity contribution < 1.29 is 17.6 Å². The van der Waals surface area contributed by atoms with Gasteiger partial charge in [0, 0.05) is 33.1 Å². The zero-order chi connectivity index (χ0) is 16.3. The fourth-order valence-electron chi connectivity index (χ4n) is 2.63. The van der Waals surface area contributed by atoms with Crippen LogP contribution in [0.4, 0.5) is 4.39 Å². The molecule has 1 amide bonds. The van der Waals surface area contributed by atoms with Crippen LogP contribution in [0.25, 0.3) is 0 Å². The van der Waals surface area contributed by atoms with E-state index in [4.69, 9.17) is 0 Å². The first-order valence-corrected chi connectivity index (χ1v) is 8.84. The molecule has 0 aromatic heterocycles. The summed E-state index contributed by atoms with van der Waals surface area (Å²) in [5.41, 5.74) is 0.563. The van der Waals surface area contributed by atoms with Crippen LogP contribution in [-0.2, 0) is 20.6 Å². The average molecular weight is 328 g/mol. The summed E-state index contributed by atoms with van der Waals surface area (Å²) in [7, 11) is -0.0160. The summed E-state index contributed by atoms with van der Waals surface area (Å²) >= 11 is 0. The zero-order valence-electron chi connectivity index (χ0n) is 12.8. The molecule has 2 rings (SSSR count). The molecule has 7 heteroatoms. The van der Waals surface area contributed by atoms with E-state index in [2.05, 4.69) is 0 Å². The van der Waals surface area contributed by atoms with Gasteiger partial charge in [-0.25, -0.2) is 17.1 Å². The number of hydrogen-bond donors (Lipinski definition) is 0. The van der Waals surface area contributed by atoms with Crippen molar-refractivity contribution in [1.82, 2.24) is 9.21 Å². The molecule has 0 aliphatic carbocycles. The molecule has 0 unspecified atom stereocenters. The quantitative estimate of drug-likeness (QED) is 0.841. The lowest BCUT2D eigenvalue weighted by molar-refractivity contribution is -0.134. The minimum atomic E-state index is -3.43. The molecule has 0 atom stereocenters. The molecule has 1 heterocycles. The molecule has 1 aromatic rings. The topological polar surface area (TPSA) is 57.7 Å². The Bertz CT molecular complexity index is 621. The van der Waals surface area contributed by atoms with E-state index >= 15 is 0 Å². The van der Waals surface area contributed by atoms with Crippen molar-refractivity contribution in [3.05, 3.63) is 35.6 Å². The van der Waals surface area contributed by atoms with Crippen LogP contribution in [0.1, 0.15) is 18.4 Å². The van der Waals surface area contributed by atoms with Gasteiger partial charge in [0.2, 0.25) is 15.9 Å². The van der Waals surface area contributed by atoms with E-state index in [0.29, 0.717) is 31.5 Å². The highest BCUT2D eigenvalue weighted by Crippen LogP contribution is 2.22. The van der Waals surface area contributed by atoms with Gasteiger partial charge in [0.05, 0.1) is 5.75 Å². The number of carbonyl (C=O) groups is 1. The van der Waals surface area contributed by atoms with E-state index in [0.717, 1.165) is 0 Å². The molecule has 1 fully saturated rings. The number of nitrogens with zero attached hydrogens (tertiary/aromatic N) is 2. The van der Waals surface area contributed by atoms with Crippen LogP contribution in [-0.4, -0.2) is 50.7 Å². The van der Waals surface area contributed by atoms with Crippen LogP contribution in [0, 0.1) is 11.7 Å². The second-order valence-electron chi connectivity index (χ2n) is 5.79. The highest BCUT2D eigenvalue weighted by molar-refractivity contribution is 7.88. The van der Waals surface area contributed by atoms with Gasteiger partial charge in [0.25, 0.3) is 0 Å². The summed E-state index contributed by atoms with van der Waals surface area (Å²) in [6.45, 7) is 0.710. The summed E-state index contributed by atoms with van der Waals surface area (Å²) in [4.78, 5) is 13.4.